The first-order chi connectivity index (χ1) is 8.16. The van der Waals surface area contributed by atoms with Crippen molar-refractivity contribution in [3.05, 3.63) is 39.9 Å². The van der Waals surface area contributed by atoms with Crippen molar-refractivity contribution in [2.75, 3.05) is 6.54 Å². The topological polar surface area (TPSA) is 63.5 Å². The number of benzene rings is 1. The van der Waals surface area contributed by atoms with E-state index in [1.54, 1.807) is 12.1 Å². The summed E-state index contributed by atoms with van der Waals surface area (Å²) in [5, 5.41) is 10.5. The van der Waals surface area contributed by atoms with Gasteiger partial charge in [0.2, 0.25) is 5.91 Å². The number of hydrogen-bond acceptors (Lipinski definition) is 3. The van der Waals surface area contributed by atoms with E-state index in [1.165, 1.54) is 12.1 Å². The van der Waals surface area contributed by atoms with Gasteiger partial charge in [-0.25, -0.2) is 0 Å². The van der Waals surface area contributed by atoms with E-state index in [1.807, 2.05) is 4.90 Å². The van der Waals surface area contributed by atoms with Gasteiger partial charge in [0.05, 0.1) is 4.92 Å². The number of hydrogen-bond donors (Lipinski definition) is 0. The first-order valence-electron chi connectivity index (χ1n) is 5.68. The number of nitro groups is 1. The summed E-state index contributed by atoms with van der Waals surface area (Å²) in [6, 6.07) is 6.37. The van der Waals surface area contributed by atoms with Crippen LogP contribution in [0.4, 0.5) is 5.69 Å². The monoisotopic (exact) mass is 234 g/mol. The number of piperidine rings is 1. The van der Waals surface area contributed by atoms with E-state index < -0.39 is 4.92 Å². The van der Waals surface area contributed by atoms with Gasteiger partial charge in [-0.3, -0.25) is 14.9 Å². The summed E-state index contributed by atoms with van der Waals surface area (Å²) < 4.78 is 0. The third kappa shape index (κ3) is 2.81. The van der Waals surface area contributed by atoms with Gasteiger partial charge in [0.1, 0.15) is 0 Å². The molecule has 2 rings (SSSR count). The van der Waals surface area contributed by atoms with Crippen molar-refractivity contribution < 1.29 is 9.72 Å². The molecule has 0 unspecified atom stereocenters. The number of carbonyl (C=O) groups excluding carboxylic acids is 1. The average Bonchev–Trinajstić information content (AvgIpc) is 2.33. The minimum atomic E-state index is -0.421. The Morgan fingerprint density at radius 1 is 1.24 bits per heavy atom. The van der Waals surface area contributed by atoms with E-state index in [9.17, 15) is 14.9 Å². The predicted octanol–water partition coefficient (Wildman–Crippen LogP) is 2.11. The second-order valence-electron chi connectivity index (χ2n) is 4.20. The molecule has 1 aromatic rings. The molecule has 90 valence electrons. The summed E-state index contributed by atoms with van der Waals surface area (Å²) in [6.07, 6.45) is 2.63. The van der Waals surface area contributed by atoms with E-state index in [4.69, 9.17) is 0 Å². The Bertz CT molecular complexity index is 428. The lowest BCUT2D eigenvalue weighted by molar-refractivity contribution is -0.384. The Balaban J connectivity index is 2.03. The smallest absolute Gasteiger partial charge is 0.269 e. The van der Waals surface area contributed by atoms with Crippen molar-refractivity contribution in [1.29, 1.82) is 0 Å². The Kier molecular flexibility index (Phi) is 3.37. The van der Waals surface area contributed by atoms with E-state index in [-0.39, 0.29) is 11.6 Å². The van der Waals surface area contributed by atoms with Gasteiger partial charge in [-0.1, -0.05) is 12.1 Å². The van der Waals surface area contributed by atoms with E-state index in [0.717, 1.165) is 24.9 Å². The maximum Gasteiger partial charge on any atom is 0.269 e. The molecule has 1 aliphatic heterocycles. The zero-order chi connectivity index (χ0) is 12.3. The Morgan fingerprint density at radius 2 is 1.94 bits per heavy atom. The van der Waals surface area contributed by atoms with Crippen LogP contribution in [-0.2, 0) is 11.3 Å². The quantitative estimate of drug-likeness (QED) is 0.594. The molecule has 17 heavy (non-hydrogen) atoms. The lowest BCUT2D eigenvalue weighted by atomic mass is 10.1. The molecule has 0 aromatic heterocycles. The molecule has 1 amide bonds. The highest BCUT2D eigenvalue weighted by atomic mass is 16.6. The fourth-order valence-corrected chi connectivity index (χ4v) is 1.97. The van der Waals surface area contributed by atoms with Gasteiger partial charge in [0, 0.05) is 31.6 Å². The van der Waals surface area contributed by atoms with Crippen LogP contribution < -0.4 is 0 Å². The molecular weight excluding hydrogens is 220 g/mol. The first-order valence-corrected chi connectivity index (χ1v) is 5.68. The van der Waals surface area contributed by atoms with Gasteiger partial charge in [-0.15, -0.1) is 0 Å². The van der Waals surface area contributed by atoms with Crippen molar-refractivity contribution in [2.24, 2.45) is 0 Å². The molecule has 1 saturated heterocycles. The lowest BCUT2D eigenvalue weighted by Gasteiger charge is -2.26. The van der Waals surface area contributed by atoms with Crippen LogP contribution >= 0.6 is 0 Å². The summed E-state index contributed by atoms with van der Waals surface area (Å²) in [5.41, 5.74) is 1.02. The van der Waals surface area contributed by atoms with E-state index >= 15 is 0 Å². The van der Waals surface area contributed by atoms with Crippen LogP contribution in [0.15, 0.2) is 24.3 Å². The van der Waals surface area contributed by atoms with Crippen LogP contribution in [0.3, 0.4) is 0 Å². The minimum Gasteiger partial charge on any atom is -0.338 e. The molecule has 0 bridgehead atoms. The second-order valence-corrected chi connectivity index (χ2v) is 4.20. The fraction of sp³-hybridized carbons (Fsp3) is 0.417. The fourth-order valence-electron chi connectivity index (χ4n) is 1.97. The predicted molar refractivity (Wildman–Crippen MR) is 62.4 cm³/mol. The molecule has 1 aliphatic rings. The standard InChI is InChI=1S/C12H14N2O3/c15-12-3-1-2-8-13(12)9-10-4-6-11(7-5-10)14(16)17/h4-7H,1-3,8-9H2. The summed E-state index contributed by atoms with van der Waals surface area (Å²) in [4.78, 5) is 23.5. The van der Waals surface area contributed by atoms with Crippen LogP contribution in [0, 0.1) is 10.1 Å². The molecule has 1 fully saturated rings. The molecule has 5 nitrogen and oxygen atoms in total. The highest BCUT2D eigenvalue weighted by Gasteiger charge is 2.18. The molecule has 0 radical (unpaired) electrons. The number of nitro benzene ring substituents is 1. The summed E-state index contributed by atoms with van der Waals surface area (Å²) in [7, 11) is 0. The SMILES string of the molecule is O=C1CCCCN1Cc1ccc([N+](=O)[O-])cc1. The number of amides is 1. The minimum absolute atomic E-state index is 0.0821. The molecule has 5 heteroatoms. The van der Waals surface area contributed by atoms with Crippen molar-refractivity contribution >= 4 is 11.6 Å². The summed E-state index contributed by atoms with van der Waals surface area (Å²) >= 11 is 0. The number of likely N-dealkylation sites (tertiary alicyclic amines) is 1. The number of nitrogens with zero attached hydrogens (tertiary/aromatic N) is 2. The van der Waals surface area contributed by atoms with Crippen LogP contribution in [0.25, 0.3) is 0 Å². The van der Waals surface area contributed by atoms with Gasteiger partial charge in [-0.05, 0) is 18.4 Å². The highest BCUT2D eigenvalue weighted by molar-refractivity contribution is 5.76. The Morgan fingerprint density at radius 3 is 2.53 bits per heavy atom. The van der Waals surface area contributed by atoms with Crippen LogP contribution in [0.2, 0.25) is 0 Å². The molecule has 1 aromatic carbocycles. The molecular formula is C12H14N2O3. The van der Waals surface area contributed by atoms with Crippen LogP contribution in [-0.4, -0.2) is 22.3 Å². The molecule has 0 saturated carbocycles. The third-order valence-electron chi connectivity index (χ3n) is 2.94. The molecule has 0 N–H and O–H groups in total. The maximum atomic E-state index is 11.6. The van der Waals surface area contributed by atoms with Crippen molar-refractivity contribution in [2.45, 2.75) is 25.8 Å². The average molecular weight is 234 g/mol. The molecule has 0 spiro atoms. The van der Waals surface area contributed by atoms with E-state index in [2.05, 4.69) is 0 Å². The van der Waals surface area contributed by atoms with Crippen LogP contribution in [0.1, 0.15) is 24.8 Å². The van der Waals surface area contributed by atoms with Gasteiger partial charge in [0.25, 0.3) is 5.69 Å². The maximum absolute atomic E-state index is 11.6. The summed E-state index contributed by atoms with van der Waals surface area (Å²) in [5.74, 6) is 0.176. The van der Waals surface area contributed by atoms with Crippen molar-refractivity contribution in [3.63, 3.8) is 0 Å². The second kappa shape index (κ2) is 4.95. The zero-order valence-corrected chi connectivity index (χ0v) is 9.46. The lowest BCUT2D eigenvalue weighted by Crippen LogP contribution is -2.34. The first kappa shape index (κ1) is 11.6. The highest BCUT2D eigenvalue weighted by Crippen LogP contribution is 2.17. The molecule has 0 aliphatic carbocycles. The van der Waals surface area contributed by atoms with Gasteiger partial charge in [-0.2, -0.15) is 0 Å². The van der Waals surface area contributed by atoms with Gasteiger partial charge in [0.15, 0.2) is 0 Å². The third-order valence-corrected chi connectivity index (χ3v) is 2.94. The van der Waals surface area contributed by atoms with Gasteiger partial charge >= 0.3 is 0 Å². The number of non-ortho nitro benzene ring substituents is 1. The molecule has 0 atom stereocenters. The Hall–Kier alpha value is -1.91. The van der Waals surface area contributed by atoms with E-state index in [0.29, 0.717) is 13.0 Å². The Labute approximate surface area is 99.2 Å². The number of rotatable bonds is 3. The van der Waals surface area contributed by atoms with Crippen molar-refractivity contribution in [3.8, 4) is 0 Å². The number of carbonyl (C=O) groups is 1. The zero-order valence-electron chi connectivity index (χ0n) is 9.46. The normalized spacial score (nSPS) is 16.0. The summed E-state index contributed by atoms with van der Waals surface area (Å²) in [6.45, 7) is 1.34. The van der Waals surface area contributed by atoms with Crippen LogP contribution in [0.5, 0.6) is 0 Å². The largest absolute Gasteiger partial charge is 0.338 e. The molecule has 1 heterocycles. The van der Waals surface area contributed by atoms with Gasteiger partial charge < -0.3 is 4.90 Å². The van der Waals surface area contributed by atoms with Crippen molar-refractivity contribution in [1.82, 2.24) is 4.90 Å².